The molecule has 0 fully saturated rings. The number of rotatable bonds is 5. The van der Waals surface area contributed by atoms with Gasteiger partial charge in [-0.3, -0.25) is 14.2 Å². The van der Waals surface area contributed by atoms with Gasteiger partial charge >= 0.3 is 6.18 Å². The number of halogens is 4. The maximum Gasteiger partial charge on any atom is 0.418 e. The zero-order chi connectivity index (χ0) is 21.3. The van der Waals surface area contributed by atoms with E-state index in [1.807, 2.05) is 0 Å². The summed E-state index contributed by atoms with van der Waals surface area (Å²) in [6.45, 7) is 3.44. The van der Waals surface area contributed by atoms with Crippen molar-refractivity contribution in [2.24, 2.45) is 0 Å². The fraction of sp³-hybridized carbons (Fsp3) is 0.176. The summed E-state index contributed by atoms with van der Waals surface area (Å²) in [5.74, 6) is -0.860. The van der Waals surface area contributed by atoms with E-state index in [4.69, 9.17) is 23.8 Å². The highest BCUT2D eigenvalue weighted by Crippen LogP contribution is 2.38. The lowest BCUT2D eigenvalue weighted by molar-refractivity contribution is -0.137. The summed E-state index contributed by atoms with van der Waals surface area (Å²) in [4.78, 5) is 29.1. The van der Waals surface area contributed by atoms with Crippen LogP contribution >= 0.6 is 35.2 Å². The van der Waals surface area contributed by atoms with Crippen molar-refractivity contribution in [3.63, 3.8) is 0 Å². The Kier molecular flexibility index (Phi) is 5.92. The average molecular weight is 461 g/mol. The smallest absolute Gasteiger partial charge is 0.323 e. The summed E-state index contributed by atoms with van der Waals surface area (Å²) < 4.78 is 42.7. The van der Waals surface area contributed by atoms with Crippen LogP contribution in [0.5, 0.6) is 0 Å². The molecule has 1 N–H and O–H groups in total. The summed E-state index contributed by atoms with van der Waals surface area (Å²) in [5.41, 5.74) is -1.83. The zero-order valence-electron chi connectivity index (χ0n) is 14.5. The van der Waals surface area contributed by atoms with Gasteiger partial charge in [-0.25, -0.2) is 4.98 Å². The molecule has 1 amide bonds. The number of carbonyl (C=O) groups is 1. The van der Waals surface area contributed by atoms with Gasteiger partial charge in [-0.05, 0) is 24.4 Å². The van der Waals surface area contributed by atoms with Crippen LogP contribution in [0.4, 0.5) is 18.9 Å². The maximum atomic E-state index is 13.2. The molecular formula is C17H12ClF3N4O2S2. The summed E-state index contributed by atoms with van der Waals surface area (Å²) in [6, 6.07) is 3.16. The molecule has 0 aliphatic carbocycles. The van der Waals surface area contributed by atoms with E-state index in [0.29, 0.717) is 16.1 Å². The van der Waals surface area contributed by atoms with Crippen LogP contribution in [0.3, 0.4) is 0 Å². The number of alkyl halides is 3. The molecule has 0 spiro atoms. The molecule has 0 atom stereocenters. The topological polar surface area (TPSA) is 68.9 Å². The van der Waals surface area contributed by atoms with Gasteiger partial charge in [-0.15, -0.1) is 6.58 Å². The van der Waals surface area contributed by atoms with Gasteiger partial charge < -0.3 is 9.88 Å². The third-order valence-electron chi connectivity index (χ3n) is 3.85. The van der Waals surface area contributed by atoms with Crippen LogP contribution in [0.1, 0.15) is 5.56 Å². The molecule has 152 valence electrons. The molecule has 0 unspecified atom stereocenters. The van der Waals surface area contributed by atoms with Crippen LogP contribution in [-0.2, 0) is 24.1 Å². The number of carbonyl (C=O) groups excluding carboxylic acids is 1. The van der Waals surface area contributed by atoms with E-state index < -0.39 is 35.4 Å². The molecule has 29 heavy (non-hydrogen) atoms. The van der Waals surface area contributed by atoms with Gasteiger partial charge in [0.15, 0.2) is 9.60 Å². The van der Waals surface area contributed by atoms with Gasteiger partial charge in [0.1, 0.15) is 17.6 Å². The Bertz CT molecular complexity index is 1230. The second kappa shape index (κ2) is 8.09. The van der Waals surface area contributed by atoms with Crippen molar-refractivity contribution in [2.75, 3.05) is 5.32 Å². The number of nitrogens with one attached hydrogen (secondary N) is 1. The second-order valence-electron chi connectivity index (χ2n) is 5.81. The maximum absolute atomic E-state index is 13.2. The minimum absolute atomic E-state index is 0.237. The van der Waals surface area contributed by atoms with Crippen molar-refractivity contribution in [3.05, 3.63) is 62.1 Å². The lowest BCUT2D eigenvalue weighted by Gasteiger charge is -2.15. The number of anilines is 1. The molecule has 3 aromatic rings. The van der Waals surface area contributed by atoms with E-state index in [0.717, 1.165) is 34.4 Å². The van der Waals surface area contributed by atoms with E-state index in [2.05, 4.69) is 16.9 Å². The highest BCUT2D eigenvalue weighted by atomic mass is 35.5. The molecule has 3 rings (SSSR count). The number of thiazole rings is 1. The highest BCUT2D eigenvalue weighted by Gasteiger charge is 2.34. The predicted octanol–water partition coefficient (Wildman–Crippen LogP) is 4.49. The molecule has 2 aromatic heterocycles. The average Bonchev–Trinajstić information content (AvgIpc) is 2.95. The van der Waals surface area contributed by atoms with E-state index in [-0.39, 0.29) is 9.72 Å². The van der Waals surface area contributed by atoms with E-state index >= 15 is 0 Å². The second-order valence-corrected chi connectivity index (χ2v) is 7.86. The van der Waals surface area contributed by atoms with Crippen molar-refractivity contribution in [1.29, 1.82) is 0 Å². The van der Waals surface area contributed by atoms with E-state index in [9.17, 15) is 22.8 Å². The highest BCUT2D eigenvalue weighted by molar-refractivity contribution is 7.73. The lowest BCUT2D eigenvalue weighted by Crippen LogP contribution is -2.28. The van der Waals surface area contributed by atoms with Crippen molar-refractivity contribution in [1.82, 2.24) is 14.1 Å². The Balaban J connectivity index is 1.92. The number of para-hydroxylation sites is 1. The Hall–Kier alpha value is -2.50. The summed E-state index contributed by atoms with van der Waals surface area (Å²) in [5, 5.41) is 1.86. The Labute approximate surface area is 175 Å². The molecule has 0 saturated heterocycles. The molecular weight excluding hydrogens is 449 g/mol. The number of hydrogen-bond acceptors (Lipinski definition) is 5. The molecule has 0 aliphatic rings. The number of nitrogens with zero attached hydrogens (tertiary/aromatic N) is 3. The predicted molar refractivity (Wildman–Crippen MR) is 108 cm³/mol. The molecule has 0 radical (unpaired) electrons. The van der Waals surface area contributed by atoms with E-state index in [1.165, 1.54) is 6.07 Å². The van der Waals surface area contributed by atoms with Gasteiger partial charge in [-0.2, -0.15) is 13.2 Å². The third kappa shape index (κ3) is 4.26. The molecule has 0 bridgehead atoms. The van der Waals surface area contributed by atoms with Crippen LogP contribution in [0.25, 0.3) is 10.3 Å². The zero-order valence-corrected chi connectivity index (χ0v) is 16.9. The molecule has 6 nitrogen and oxygen atoms in total. The van der Waals surface area contributed by atoms with Gasteiger partial charge in [0, 0.05) is 6.54 Å². The summed E-state index contributed by atoms with van der Waals surface area (Å²) in [6.07, 6.45) is -1.96. The molecule has 12 heteroatoms. The monoisotopic (exact) mass is 460 g/mol. The van der Waals surface area contributed by atoms with Crippen LogP contribution in [0.2, 0.25) is 5.02 Å². The minimum atomic E-state index is -4.71. The number of benzene rings is 1. The molecule has 0 aliphatic heterocycles. The van der Waals surface area contributed by atoms with Crippen LogP contribution in [0, 0.1) is 3.95 Å². The van der Waals surface area contributed by atoms with Gasteiger partial charge in [0.25, 0.3) is 5.56 Å². The summed E-state index contributed by atoms with van der Waals surface area (Å²) in [7, 11) is 0. The summed E-state index contributed by atoms with van der Waals surface area (Å²) >= 11 is 12.1. The lowest BCUT2D eigenvalue weighted by atomic mass is 10.1. The van der Waals surface area contributed by atoms with Gasteiger partial charge in [0.05, 0.1) is 16.3 Å². The van der Waals surface area contributed by atoms with Crippen LogP contribution < -0.4 is 10.9 Å². The van der Waals surface area contributed by atoms with Crippen molar-refractivity contribution < 1.29 is 18.0 Å². The fourth-order valence-corrected chi connectivity index (χ4v) is 4.13. The molecule has 0 saturated carbocycles. The first-order valence-corrected chi connectivity index (χ1v) is 9.59. The molecule has 2 heterocycles. The van der Waals surface area contributed by atoms with Crippen molar-refractivity contribution in [2.45, 2.75) is 19.3 Å². The molecule has 1 aromatic carbocycles. The minimum Gasteiger partial charge on any atom is -0.323 e. The van der Waals surface area contributed by atoms with Gasteiger partial charge in [-0.1, -0.05) is 35.1 Å². The van der Waals surface area contributed by atoms with Gasteiger partial charge in [0.2, 0.25) is 5.91 Å². The number of allylic oxidation sites excluding steroid dienone is 1. The SMILES string of the molecule is C=CCn1c(=S)sc2c(=O)n(CC(=O)Nc3c(Cl)cccc3C(F)(F)F)cnc21. The number of amides is 1. The Morgan fingerprint density at radius 3 is 2.79 bits per heavy atom. The standard InChI is InChI=1S/C17H12ClF3N4O2S2/c1-2-6-25-14-13(29-16(25)28)15(27)24(8-22-14)7-11(26)23-12-9(17(19,20)21)4-3-5-10(12)18/h2-5,8H,1,6-7H2,(H,23,26). The number of fused-ring (bicyclic) bond motifs is 1. The third-order valence-corrected chi connectivity index (χ3v) is 5.59. The largest absolute Gasteiger partial charge is 0.418 e. The number of hydrogen-bond donors (Lipinski definition) is 1. The first-order chi connectivity index (χ1) is 13.6. The first kappa shape index (κ1) is 21.2. The van der Waals surface area contributed by atoms with Crippen LogP contribution in [-0.4, -0.2) is 20.0 Å². The number of aromatic nitrogens is 3. The van der Waals surface area contributed by atoms with Crippen LogP contribution in [0.15, 0.2) is 42.0 Å². The quantitative estimate of drug-likeness (QED) is 0.450. The Morgan fingerprint density at radius 2 is 2.14 bits per heavy atom. The first-order valence-electron chi connectivity index (χ1n) is 7.98. The fourth-order valence-electron chi connectivity index (χ4n) is 2.60. The van der Waals surface area contributed by atoms with Crippen molar-refractivity contribution in [3.8, 4) is 0 Å². The van der Waals surface area contributed by atoms with Crippen molar-refractivity contribution >= 4 is 57.1 Å². The normalized spacial score (nSPS) is 11.6. The van der Waals surface area contributed by atoms with E-state index in [1.54, 1.807) is 10.6 Å². The Morgan fingerprint density at radius 1 is 1.41 bits per heavy atom.